The number of hydrogen-bond donors (Lipinski definition) is 3. The zero-order valence-electron chi connectivity index (χ0n) is 14.9. The highest BCUT2D eigenvalue weighted by molar-refractivity contribution is 7.12. The number of anilines is 2. The standard InChI is InChI=1S/C18H21N3O5S/c1-24-5-4-19-11-17(22)20-12-9-14-15(26-7-6-25-14)10-13(12)21-18(23)16-3-2-8-27-16/h2-3,8-10,19H,4-7,11H2,1H3,(H,20,22)(H,21,23). The average Bonchev–Trinajstić information content (AvgIpc) is 3.20. The van der Waals surface area contributed by atoms with Gasteiger partial charge in [0.15, 0.2) is 11.5 Å². The van der Waals surface area contributed by atoms with Gasteiger partial charge in [-0.25, -0.2) is 0 Å². The first-order valence-corrected chi connectivity index (χ1v) is 9.33. The second kappa shape index (κ2) is 9.36. The molecule has 3 rings (SSSR count). The number of benzene rings is 1. The van der Waals surface area contributed by atoms with Crippen molar-refractivity contribution in [2.75, 3.05) is 50.7 Å². The Morgan fingerprint density at radius 2 is 1.85 bits per heavy atom. The Hall–Kier alpha value is -2.62. The van der Waals surface area contributed by atoms with Gasteiger partial charge in [0, 0.05) is 25.8 Å². The van der Waals surface area contributed by atoms with E-state index in [4.69, 9.17) is 14.2 Å². The predicted molar refractivity (Wildman–Crippen MR) is 103 cm³/mol. The molecule has 1 aliphatic heterocycles. The molecule has 1 aromatic carbocycles. The number of methoxy groups -OCH3 is 1. The molecule has 0 fully saturated rings. The van der Waals surface area contributed by atoms with Crippen LogP contribution in [0.5, 0.6) is 11.5 Å². The lowest BCUT2D eigenvalue weighted by atomic mass is 10.2. The van der Waals surface area contributed by atoms with Crippen molar-refractivity contribution >= 4 is 34.5 Å². The van der Waals surface area contributed by atoms with Crippen LogP contribution in [0.15, 0.2) is 29.6 Å². The number of amides is 2. The largest absolute Gasteiger partial charge is 0.486 e. The number of carbonyl (C=O) groups excluding carboxylic acids is 2. The van der Waals surface area contributed by atoms with E-state index in [2.05, 4.69) is 16.0 Å². The van der Waals surface area contributed by atoms with E-state index in [1.807, 2.05) is 5.38 Å². The summed E-state index contributed by atoms with van der Waals surface area (Å²) in [6, 6.07) is 6.85. The van der Waals surface area contributed by atoms with Gasteiger partial charge in [0.05, 0.1) is 29.4 Å². The molecule has 0 aliphatic carbocycles. The number of nitrogens with one attached hydrogen (secondary N) is 3. The Bertz CT molecular complexity index is 795. The van der Waals surface area contributed by atoms with Gasteiger partial charge in [-0.3, -0.25) is 9.59 Å². The van der Waals surface area contributed by atoms with Crippen molar-refractivity contribution in [3.63, 3.8) is 0 Å². The summed E-state index contributed by atoms with van der Waals surface area (Å²) in [6.07, 6.45) is 0. The molecule has 0 unspecified atom stereocenters. The summed E-state index contributed by atoms with van der Waals surface area (Å²) >= 11 is 1.34. The van der Waals surface area contributed by atoms with E-state index in [0.717, 1.165) is 0 Å². The molecule has 0 bridgehead atoms. The van der Waals surface area contributed by atoms with Crippen LogP contribution < -0.4 is 25.4 Å². The SMILES string of the molecule is COCCNCC(=O)Nc1cc2c(cc1NC(=O)c1cccs1)OCCO2. The van der Waals surface area contributed by atoms with E-state index in [-0.39, 0.29) is 18.4 Å². The molecule has 2 amide bonds. The van der Waals surface area contributed by atoms with Crippen LogP contribution in [-0.2, 0) is 9.53 Å². The molecule has 0 radical (unpaired) electrons. The Morgan fingerprint density at radius 3 is 2.48 bits per heavy atom. The Kier molecular flexibility index (Phi) is 6.64. The van der Waals surface area contributed by atoms with Crippen LogP contribution in [-0.4, -0.2) is 51.8 Å². The van der Waals surface area contributed by atoms with Crippen LogP contribution in [0, 0.1) is 0 Å². The highest BCUT2D eigenvalue weighted by atomic mass is 32.1. The highest BCUT2D eigenvalue weighted by Gasteiger charge is 2.19. The first kappa shape index (κ1) is 19.2. The molecule has 0 saturated carbocycles. The van der Waals surface area contributed by atoms with E-state index in [9.17, 15) is 9.59 Å². The van der Waals surface area contributed by atoms with Crippen molar-refractivity contribution < 1.29 is 23.8 Å². The molecule has 2 aromatic rings. The molecule has 0 atom stereocenters. The molecule has 27 heavy (non-hydrogen) atoms. The molecule has 3 N–H and O–H groups in total. The summed E-state index contributed by atoms with van der Waals surface area (Å²) in [4.78, 5) is 25.2. The minimum absolute atomic E-state index is 0.121. The van der Waals surface area contributed by atoms with Gasteiger partial charge in [0.25, 0.3) is 5.91 Å². The Labute approximate surface area is 160 Å². The van der Waals surface area contributed by atoms with Gasteiger partial charge < -0.3 is 30.2 Å². The van der Waals surface area contributed by atoms with Crippen molar-refractivity contribution in [1.82, 2.24) is 5.32 Å². The van der Waals surface area contributed by atoms with Gasteiger partial charge in [-0.2, -0.15) is 0 Å². The number of thiophene rings is 1. The molecule has 1 aliphatic rings. The zero-order chi connectivity index (χ0) is 19.1. The summed E-state index contributed by atoms with van der Waals surface area (Å²) in [7, 11) is 1.60. The van der Waals surface area contributed by atoms with E-state index in [0.29, 0.717) is 54.1 Å². The number of carbonyl (C=O) groups is 2. The summed E-state index contributed by atoms with van der Waals surface area (Å²) in [5.74, 6) is 0.557. The van der Waals surface area contributed by atoms with Gasteiger partial charge in [-0.05, 0) is 11.4 Å². The Balaban J connectivity index is 1.75. The van der Waals surface area contributed by atoms with E-state index >= 15 is 0 Å². The summed E-state index contributed by atoms with van der Waals surface area (Å²) in [5, 5.41) is 10.4. The van der Waals surface area contributed by atoms with Gasteiger partial charge in [-0.1, -0.05) is 6.07 Å². The van der Waals surface area contributed by atoms with Crippen LogP contribution in [0.2, 0.25) is 0 Å². The lowest BCUT2D eigenvalue weighted by Crippen LogP contribution is -2.30. The molecular formula is C18H21N3O5S. The maximum absolute atomic E-state index is 12.4. The molecule has 0 saturated heterocycles. The van der Waals surface area contributed by atoms with E-state index in [1.165, 1.54) is 11.3 Å². The molecule has 0 spiro atoms. The van der Waals surface area contributed by atoms with Crippen LogP contribution >= 0.6 is 11.3 Å². The van der Waals surface area contributed by atoms with Gasteiger partial charge in [-0.15, -0.1) is 11.3 Å². The van der Waals surface area contributed by atoms with Gasteiger partial charge >= 0.3 is 0 Å². The number of fused-ring (bicyclic) bond motifs is 1. The van der Waals surface area contributed by atoms with Crippen molar-refractivity contribution in [3.8, 4) is 11.5 Å². The molecule has 1 aromatic heterocycles. The molecular weight excluding hydrogens is 370 g/mol. The van der Waals surface area contributed by atoms with Crippen molar-refractivity contribution in [1.29, 1.82) is 0 Å². The number of hydrogen-bond acceptors (Lipinski definition) is 7. The van der Waals surface area contributed by atoms with Crippen LogP contribution in [0.3, 0.4) is 0 Å². The van der Waals surface area contributed by atoms with Crippen molar-refractivity contribution in [2.24, 2.45) is 0 Å². The molecule has 8 nitrogen and oxygen atoms in total. The third-order valence-corrected chi connectivity index (χ3v) is 4.59. The zero-order valence-corrected chi connectivity index (χ0v) is 15.7. The molecule has 2 heterocycles. The van der Waals surface area contributed by atoms with Crippen LogP contribution in [0.4, 0.5) is 11.4 Å². The van der Waals surface area contributed by atoms with Gasteiger partial charge in [0.1, 0.15) is 13.2 Å². The predicted octanol–water partition coefficient (Wildman–Crippen LogP) is 1.95. The lowest BCUT2D eigenvalue weighted by molar-refractivity contribution is -0.115. The first-order valence-electron chi connectivity index (χ1n) is 8.45. The molecule has 144 valence electrons. The summed E-state index contributed by atoms with van der Waals surface area (Å²) in [6.45, 7) is 2.06. The lowest BCUT2D eigenvalue weighted by Gasteiger charge is -2.21. The van der Waals surface area contributed by atoms with E-state index in [1.54, 1.807) is 31.4 Å². The smallest absolute Gasteiger partial charge is 0.265 e. The fourth-order valence-corrected chi connectivity index (χ4v) is 3.08. The second-order valence-electron chi connectivity index (χ2n) is 5.69. The third-order valence-electron chi connectivity index (χ3n) is 3.72. The minimum atomic E-state index is -0.254. The maximum Gasteiger partial charge on any atom is 0.265 e. The fraction of sp³-hybridized carbons (Fsp3) is 0.333. The summed E-state index contributed by atoms with van der Waals surface area (Å²) < 4.78 is 16.1. The van der Waals surface area contributed by atoms with Crippen molar-refractivity contribution in [3.05, 3.63) is 34.5 Å². The Morgan fingerprint density at radius 1 is 1.15 bits per heavy atom. The van der Waals surface area contributed by atoms with Gasteiger partial charge in [0.2, 0.25) is 5.91 Å². The van der Waals surface area contributed by atoms with Crippen LogP contribution in [0.1, 0.15) is 9.67 Å². The van der Waals surface area contributed by atoms with E-state index < -0.39 is 0 Å². The molecule has 9 heteroatoms. The fourth-order valence-electron chi connectivity index (χ4n) is 2.46. The number of rotatable bonds is 8. The van der Waals surface area contributed by atoms with Crippen LogP contribution in [0.25, 0.3) is 0 Å². The maximum atomic E-state index is 12.4. The third kappa shape index (κ3) is 5.19. The number of ether oxygens (including phenoxy) is 3. The average molecular weight is 391 g/mol. The second-order valence-corrected chi connectivity index (χ2v) is 6.64. The monoisotopic (exact) mass is 391 g/mol. The normalized spacial score (nSPS) is 12.5. The summed E-state index contributed by atoms with van der Waals surface area (Å²) in [5.41, 5.74) is 0.894. The topological polar surface area (TPSA) is 97.9 Å². The highest BCUT2D eigenvalue weighted by Crippen LogP contribution is 2.38. The quantitative estimate of drug-likeness (QED) is 0.595. The first-order chi connectivity index (χ1) is 13.2. The minimum Gasteiger partial charge on any atom is -0.486 e. The van der Waals surface area contributed by atoms with Crippen molar-refractivity contribution in [2.45, 2.75) is 0 Å².